The number of hydrogen-bond donors (Lipinski definition) is 2. The smallest absolute Gasteiger partial charge is 0.250 e. The molecule has 3 aromatic rings. The number of fused-ring (bicyclic) bond motifs is 1. The molecule has 1 heterocycles. The lowest BCUT2D eigenvalue weighted by Crippen LogP contribution is -2.35. The van der Waals surface area contributed by atoms with E-state index in [0.717, 1.165) is 44.4 Å². The summed E-state index contributed by atoms with van der Waals surface area (Å²) in [6, 6.07) is 20.7. The Balaban J connectivity index is 1.28. The van der Waals surface area contributed by atoms with Crippen LogP contribution in [0.3, 0.4) is 0 Å². The van der Waals surface area contributed by atoms with E-state index < -0.39 is 5.91 Å². The second kappa shape index (κ2) is 9.55. The highest BCUT2D eigenvalue weighted by atomic mass is 16.5. The fraction of sp³-hybridized carbons (Fsp3) is 0.280. The third-order valence-electron chi connectivity index (χ3n) is 5.57. The number of primary amides is 1. The number of pyridine rings is 1. The summed E-state index contributed by atoms with van der Waals surface area (Å²) >= 11 is 0. The molecule has 0 radical (unpaired) electrons. The maximum absolute atomic E-state index is 11.1. The number of ether oxygens (including phenoxy) is 1. The molecule has 2 aromatic carbocycles. The van der Waals surface area contributed by atoms with Gasteiger partial charge in [0.1, 0.15) is 5.75 Å². The van der Waals surface area contributed by atoms with E-state index in [4.69, 9.17) is 10.5 Å². The standard InChI is InChI=1S/C25H27N3O2/c26-25(29)21-10-13-24(28-17-21)30-23-12-9-19-15-22(11-8-20(19)16-23)27-14-4-7-18-5-2-1-3-6-18/h1-3,5-6,9-10,12-13,16-17,22,27H,4,7-8,11,14-15H2,(H2,26,29). The van der Waals surface area contributed by atoms with Crippen molar-refractivity contribution in [2.45, 2.75) is 38.1 Å². The van der Waals surface area contributed by atoms with Crippen molar-refractivity contribution < 1.29 is 9.53 Å². The van der Waals surface area contributed by atoms with Crippen molar-refractivity contribution in [2.24, 2.45) is 5.73 Å². The average molecular weight is 402 g/mol. The van der Waals surface area contributed by atoms with Crippen LogP contribution in [0.1, 0.15) is 39.9 Å². The molecule has 0 bridgehead atoms. The van der Waals surface area contributed by atoms with Crippen LogP contribution in [0.25, 0.3) is 0 Å². The molecule has 0 aliphatic heterocycles. The maximum Gasteiger partial charge on any atom is 0.250 e. The molecule has 3 N–H and O–H groups in total. The zero-order chi connectivity index (χ0) is 20.8. The van der Waals surface area contributed by atoms with E-state index in [2.05, 4.69) is 52.8 Å². The molecule has 1 unspecified atom stereocenters. The summed E-state index contributed by atoms with van der Waals surface area (Å²) in [5.41, 5.74) is 9.73. The molecule has 0 fully saturated rings. The van der Waals surface area contributed by atoms with Crippen molar-refractivity contribution in [2.75, 3.05) is 6.54 Å². The molecular formula is C25H27N3O2. The first-order chi connectivity index (χ1) is 14.7. The van der Waals surface area contributed by atoms with Gasteiger partial charge in [-0.25, -0.2) is 4.98 Å². The van der Waals surface area contributed by atoms with Gasteiger partial charge in [0.2, 0.25) is 11.8 Å². The Hall–Kier alpha value is -3.18. The first kappa shape index (κ1) is 20.1. The fourth-order valence-electron chi connectivity index (χ4n) is 3.92. The van der Waals surface area contributed by atoms with E-state index in [1.165, 1.54) is 22.9 Å². The van der Waals surface area contributed by atoms with Crippen LogP contribution in [-0.2, 0) is 19.3 Å². The number of nitrogens with zero attached hydrogens (tertiary/aromatic N) is 1. The number of benzene rings is 2. The first-order valence-corrected chi connectivity index (χ1v) is 10.5. The summed E-state index contributed by atoms with van der Waals surface area (Å²) in [5.74, 6) is 0.724. The molecule has 0 saturated carbocycles. The van der Waals surface area contributed by atoms with Crippen molar-refractivity contribution in [3.05, 3.63) is 89.1 Å². The van der Waals surface area contributed by atoms with Gasteiger partial charge in [0, 0.05) is 18.3 Å². The molecule has 1 aliphatic carbocycles. The molecule has 5 nitrogen and oxygen atoms in total. The minimum absolute atomic E-state index is 0.370. The van der Waals surface area contributed by atoms with Gasteiger partial charge in [-0.1, -0.05) is 36.4 Å². The van der Waals surface area contributed by atoms with Gasteiger partial charge in [-0.15, -0.1) is 0 Å². The molecule has 30 heavy (non-hydrogen) atoms. The van der Waals surface area contributed by atoms with E-state index in [0.29, 0.717) is 17.5 Å². The summed E-state index contributed by atoms with van der Waals surface area (Å²) in [7, 11) is 0. The average Bonchev–Trinajstić information content (AvgIpc) is 2.78. The number of carbonyl (C=O) groups is 1. The number of rotatable bonds is 8. The van der Waals surface area contributed by atoms with Gasteiger partial charge < -0.3 is 15.8 Å². The maximum atomic E-state index is 11.1. The summed E-state index contributed by atoms with van der Waals surface area (Å²) in [6.45, 7) is 1.04. The molecule has 0 saturated heterocycles. The Bertz CT molecular complexity index is 987. The van der Waals surface area contributed by atoms with Gasteiger partial charge in [-0.3, -0.25) is 4.79 Å². The van der Waals surface area contributed by atoms with E-state index >= 15 is 0 Å². The topological polar surface area (TPSA) is 77.2 Å². The normalized spacial score (nSPS) is 15.4. The third-order valence-corrected chi connectivity index (χ3v) is 5.57. The largest absolute Gasteiger partial charge is 0.439 e. The summed E-state index contributed by atoms with van der Waals surface area (Å²) in [5, 5.41) is 3.72. The van der Waals surface area contributed by atoms with Crippen molar-refractivity contribution in [1.29, 1.82) is 0 Å². The van der Waals surface area contributed by atoms with Crippen LogP contribution in [0.4, 0.5) is 0 Å². The lowest BCUT2D eigenvalue weighted by molar-refractivity contribution is 0.1000. The van der Waals surface area contributed by atoms with E-state index in [9.17, 15) is 4.79 Å². The van der Waals surface area contributed by atoms with Crippen LogP contribution in [-0.4, -0.2) is 23.5 Å². The van der Waals surface area contributed by atoms with E-state index in [1.54, 1.807) is 12.1 Å². The second-order valence-electron chi connectivity index (χ2n) is 7.76. The Kier molecular flexibility index (Phi) is 6.40. The van der Waals surface area contributed by atoms with Crippen LogP contribution >= 0.6 is 0 Å². The quantitative estimate of drug-likeness (QED) is 0.558. The Morgan fingerprint density at radius 3 is 2.73 bits per heavy atom. The molecule has 154 valence electrons. The Morgan fingerprint density at radius 1 is 1.10 bits per heavy atom. The molecule has 1 amide bonds. The van der Waals surface area contributed by atoms with Crippen LogP contribution in [0.2, 0.25) is 0 Å². The van der Waals surface area contributed by atoms with Crippen LogP contribution < -0.4 is 15.8 Å². The van der Waals surface area contributed by atoms with Crippen molar-refractivity contribution in [1.82, 2.24) is 10.3 Å². The summed E-state index contributed by atoms with van der Waals surface area (Å²) < 4.78 is 5.85. The number of amides is 1. The first-order valence-electron chi connectivity index (χ1n) is 10.5. The number of aryl methyl sites for hydroxylation is 2. The number of aromatic nitrogens is 1. The Labute approximate surface area is 177 Å². The van der Waals surface area contributed by atoms with Gasteiger partial charge in [0.15, 0.2) is 0 Å². The van der Waals surface area contributed by atoms with Gasteiger partial charge >= 0.3 is 0 Å². The second-order valence-corrected chi connectivity index (χ2v) is 7.76. The minimum Gasteiger partial charge on any atom is -0.439 e. The number of nitrogens with one attached hydrogen (secondary N) is 1. The molecule has 4 rings (SSSR count). The fourth-order valence-corrected chi connectivity index (χ4v) is 3.92. The van der Waals surface area contributed by atoms with Crippen LogP contribution in [0, 0.1) is 0 Å². The zero-order valence-electron chi connectivity index (χ0n) is 17.0. The molecule has 0 spiro atoms. The zero-order valence-corrected chi connectivity index (χ0v) is 17.0. The predicted molar refractivity (Wildman–Crippen MR) is 118 cm³/mol. The lowest BCUT2D eigenvalue weighted by Gasteiger charge is -2.26. The Morgan fingerprint density at radius 2 is 1.97 bits per heavy atom. The highest BCUT2D eigenvalue weighted by Crippen LogP contribution is 2.28. The van der Waals surface area contributed by atoms with Crippen LogP contribution in [0.15, 0.2) is 66.9 Å². The molecule has 1 aromatic heterocycles. The van der Waals surface area contributed by atoms with Crippen molar-refractivity contribution >= 4 is 5.91 Å². The summed E-state index contributed by atoms with van der Waals surface area (Å²) in [4.78, 5) is 15.3. The van der Waals surface area contributed by atoms with Crippen LogP contribution in [0.5, 0.6) is 11.6 Å². The number of hydrogen-bond acceptors (Lipinski definition) is 4. The minimum atomic E-state index is -0.494. The third kappa shape index (κ3) is 5.24. The molecule has 1 atom stereocenters. The SMILES string of the molecule is NC(=O)c1ccc(Oc2ccc3c(c2)CCC(NCCCc2ccccc2)C3)nc1. The van der Waals surface area contributed by atoms with Gasteiger partial charge in [-0.2, -0.15) is 0 Å². The number of nitrogens with two attached hydrogens (primary N) is 1. The van der Waals surface area contributed by atoms with Crippen molar-refractivity contribution in [3.8, 4) is 11.6 Å². The van der Waals surface area contributed by atoms with Gasteiger partial charge in [0.05, 0.1) is 5.56 Å². The van der Waals surface area contributed by atoms with Gasteiger partial charge in [0.25, 0.3) is 0 Å². The van der Waals surface area contributed by atoms with Crippen molar-refractivity contribution in [3.63, 3.8) is 0 Å². The predicted octanol–water partition coefficient (Wildman–Crippen LogP) is 4.05. The lowest BCUT2D eigenvalue weighted by atomic mass is 9.88. The molecule has 5 heteroatoms. The number of carbonyl (C=O) groups excluding carboxylic acids is 1. The summed E-state index contributed by atoms with van der Waals surface area (Å²) in [6.07, 6.45) is 6.93. The highest BCUT2D eigenvalue weighted by molar-refractivity contribution is 5.92. The van der Waals surface area contributed by atoms with Gasteiger partial charge in [-0.05, 0) is 73.5 Å². The monoisotopic (exact) mass is 401 g/mol. The molecule has 1 aliphatic rings. The molecular weight excluding hydrogens is 374 g/mol. The van der Waals surface area contributed by atoms with E-state index in [1.807, 2.05) is 6.07 Å². The highest BCUT2D eigenvalue weighted by Gasteiger charge is 2.18. The van der Waals surface area contributed by atoms with E-state index in [-0.39, 0.29) is 0 Å².